The van der Waals surface area contributed by atoms with E-state index < -0.39 is 17.7 Å². The van der Waals surface area contributed by atoms with E-state index >= 15 is 0 Å². The molecule has 1 fully saturated rings. The number of carbonyl (C=O) groups is 2. The number of pyridine rings is 1. The number of rotatable bonds is 7. The highest BCUT2D eigenvalue weighted by molar-refractivity contribution is 6.46. The second-order valence-electron chi connectivity index (χ2n) is 8.47. The van der Waals surface area contributed by atoms with Gasteiger partial charge in [0, 0.05) is 24.5 Å². The molecular formula is C28H28N2O4. The molecule has 0 saturated carbocycles. The number of hydrogen-bond acceptors (Lipinski definition) is 5. The van der Waals surface area contributed by atoms with Crippen molar-refractivity contribution in [3.63, 3.8) is 0 Å². The van der Waals surface area contributed by atoms with Gasteiger partial charge in [0.15, 0.2) is 0 Å². The summed E-state index contributed by atoms with van der Waals surface area (Å²) < 4.78 is 5.74. The first kappa shape index (κ1) is 23.2. The number of likely N-dealkylation sites (tertiary alicyclic amines) is 1. The number of Topliss-reactive ketones (excluding diaryl/α,β-unsaturated/α-hetero) is 1. The maximum absolute atomic E-state index is 13.3. The van der Waals surface area contributed by atoms with Gasteiger partial charge in [-0.3, -0.25) is 14.6 Å². The molecule has 1 saturated heterocycles. The first-order chi connectivity index (χ1) is 16.4. The Morgan fingerprint density at radius 2 is 1.76 bits per heavy atom. The van der Waals surface area contributed by atoms with Crippen LogP contribution in [-0.4, -0.2) is 33.3 Å². The molecule has 1 atom stereocenters. The number of benzene rings is 2. The summed E-state index contributed by atoms with van der Waals surface area (Å²) in [7, 11) is 0. The zero-order valence-electron chi connectivity index (χ0n) is 19.6. The number of amides is 1. The minimum absolute atomic E-state index is 0.0926. The SMILES string of the molecule is CCCOc1ccc(/C(O)=C2\C(=O)C(=O)N(Cc3ccncc3)C2c2ccccc2C)cc1C. The maximum atomic E-state index is 13.3. The number of ketones is 1. The predicted octanol–water partition coefficient (Wildman–Crippen LogP) is 5.11. The number of hydrogen-bond donors (Lipinski definition) is 1. The third-order valence-electron chi connectivity index (χ3n) is 6.04. The van der Waals surface area contributed by atoms with Gasteiger partial charge in [-0.05, 0) is 72.9 Å². The highest BCUT2D eigenvalue weighted by Crippen LogP contribution is 2.41. The molecule has 1 N–H and O–H groups in total. The molecule has 0 bridgehead atoms. The quantitative estimate of drug-likeness (QED) is 0.304. The van der Waals surface area contributed by atoms with Crippen LogP contribution in [0.15, 0.2) is 72.6 Å². The van der Waals surface area contributed by atoms with Crippen molar-refractivity contribution in [2.75, 3.05) is 6.61 Å². The third kappa shape index (κ3) is 4.44. The summed E-state index contributed by atoms with van der Waals surface area (Å²) in [5.74, 6) is -0.782. The maximum Gasteiger partial charge on any atom is 0.295 e. The fraction of sp³-hybridized carbons (Fsp3) is 0.250. The second kappa shape index (κ2) is 9.91. The molecule has 1 aliphatic heterocycles. The summed E-state index contributed by atoms with van der Waals surface area (Å²) in [4.78, 5) is 32.0. The standard InChI is InChI=1S/C28H28N2O4/c1-4-15-34-23-10-9-21(16-19(23)3)26(31)24-25(22-8-6-5-7-18(22)2)30(28(33)27(24)32)17-20-11-13-29-14-12-20/h5-14,16,25,31H,4,15,17H2,1-3H3/b26-24+. The molecule has 1 unspecified atom stereocenters. The molecule has 6 nitrogen and oxygen atoms in total. The van der Waals surface area contributed by atoms with Gasteiger partial charge in [-0.2, -0.15) is 0 Å². The van der Waals surface area contributed by atoms with Gasteiger partial charge in [0.1, 0.15) is 11.5 Å². The molecule has 1 amide bonds. The first-order valence-electron chi connectivity index (χ1n) is 11.4. The number of aryl methyl sites for hydroxylation is 2. The molecule has 0 spiro atoms. The van der Waals surface area contributed by atoms with Crippen LogP contribution in [0.1, 0.15) is 47.2 Å². The molecule has 2 heterocycles. The van der Waals surface area contributed by atoms with Gasteiger partial charge in [0.05, 0.1) is 18.2 Å². The first-order valence-corrected chi connectivity index (χ1v) is 11.4. The Morgan fingerprint density at radius 3 is 2.44 bits per heavy atom. The van der Waals surface area contributed by atoms with Crippen LogP contribution in [0.4, 0.5) is 0 Å². The smallest absolute Gasteiger partial charge is 0.295 e. The van der Waals surface area contributed by atoms with Gasteiger partial charge >= 0.3 is 0 Å². The molecule has 2 aromatic carbocycles. The van der Waals surface area contributed by atoms with E-state index in [0.717, 1.165) is 34.4 Å². The minimum Gasteiger partial charge on any atom is -0.507 e. The molecule has 4 rings (SSSR count). The summed E-state index contributed by atoms with van der Waals surface area (Å²) in [6.45, 7) is 6.69. The Balaban J connectivity index is 1.83. The summed E-state index contributed by atoms with van der Waals surface area (Å²) in [6.07, 6.45) is 4.19. The predicted molar refractivity (Wildman–Crippen MR) is 130 cm³/mol. The normalized spacial score (nSPS) is 17.3. The van der Waals surface area contributed by atoms with Crippen LogP contribution in [0.5, 0.6) is 5.75 Å². The fourth-order valence-electron chi connectivity index (χ4n) is 4.27. The van der Waals surface area contributed by atoms with E-state index in [0.29, 0.717) is 12.2 Å². The lowest BCUT2D eigenvalue weighted by Gasteiger charge is -2.26. The van der Waals surface area contributed by atoms with Crippen molar-refractivity contribution in [1.29, 1.82) is 0 Å². The fourth-order valence-corrected chi connectivity index (χ4v) is 4.27. The van der Waals surface area contributed by atoms with Crippen LogP contribution >= 0.6 is 0 Å². The van der Waals surface area contributed by atoms with E-state index in [-0.39, 0.29) is 17.9 Å². The van der Waals surface area contributed by atoms with E-state index in [1.165, 1.54) is 4.90 Å². The molecule has 3 aromatic rings. The van der Waals surface area contributed by atoms with Crippen molar-refractivity contribution in [2.24, 2.45) is 0 Å². The van der Waals surface area contributed by atoms with Gasteiger partial charge < -0.3 is 14.7 Å². The van der Waals surface area contributed by atoms with Crippen molar-refractivity contribution in [3.8, 4) is 5.75 Å². The number of nitrogens with zero attached hydrogens (tertiary/aromatic N) is 2. The lowest BCUT2D eigenvalue weighted by Crippen LogP contribution is -2.29. The van der Waals surface area contributed by atoms with Gasteiger partial charge in [0.25, 0.3) is 11.7 Å². The summed E-state index contributed by atoms with van der Waals surface area (Å²) in [5.41, 5.74) is 3.99. The molecule has 174 valence electrons. The molecule has 1 aliphatic rings. The third-order valence-corrected chi connectivity index (χ3v) is 6.04. The molecular weight excluding hydrogens is 428 g/mol. The zero-order chi connectivity index (χ0) is 24.2. The Kier molecular flexibility index (Phi) is 6.77. The number of aromatic nitrogens is 1. The molecule has 0 radical (unpaired) electrons. The Labute approximate surface area is 199 Å². The topological polar surface area (TPSA) is 79.7 Å². The Morgan fingerprint density at radius 1 is 1.03 bits per heavy atom. The highest BCUT2D eigenvalue weighted by Gasteiger charge is 2.46. The van der Waals surface area contributed by atoms with Gasteiger partial charge in [0.2, 0.25) is 0 Å². The van der Waals surface area contributed by atoms with Gasteiger partial charge in [-0.15, -0.1) is 0 Å². The van der Waals surface area contributed by atoms with Crippen LogP contribution in [0, 0.1) is 13.8 Å². The van der Waals surface area contributed by atoms with Crippen molar-refractivity contribution >= 4 is 17.4 Å². The minimum atomic E-state index is -0.703. The van der Waals surface area contributed by atoms with Crippen molar-refractivity contribution in [1.82, 2.24) is 9.88 Å². The van der Waals surface area contributed by atoms with E-state index in [4.69, 9.17) is 4.74 Å². The lowest BCUT2D eigenvalue weighted by atomic mass is 9.92. The average molecular weight is 457 g/mol. The lowest BCUT2D eigenvalue weighted by molar-refractivity contribution is -0.140. The van der Waals surface area contributed by atoms with Gasteiger partial charge in [-0.25, -0.2) is 0 Å². The van der Waals surface area contributed by atoms with E-state index in [9.17, 15) is 14.7 Å². The summed E-state index contributed by atoms with van der Waals surface area (Å²) in [6, 6.07) is 15.8. The monoisotopic (exact) mass is 456 g/mol. The Bertz CT molecular complexity index is 1250. The number of ether oxygens (including phenoxy) is 1. The molecule has 34 heavy (non-hydrogen) atoms. The van der Waals surface area contributed by atoms with Crippen molar-refractivity contribution < 1.29 is 19.4 Å². The van der Waals surface area contributed by atoms with E-state index in [2.05, 4.69) is 4.98 Å². The number of aliphatic hydroxyl groups is 1. The number of carbonyl (C=O) groups excluding carboxylic acids is 2. The molecule has 6 heteroatoms. The van der Waals surface area contributed by atoms with Crippen molar-refractivity contribution in [2.45, 2.75) is 39.8 Å². The van der Waals surface area contributed by atoms with Crippen LogP contribution in [0.2, 0.25) is 0 Å². The zero-order valence-corrected chi connectivity index (χ0v) is 19.6. The van der Waals surface area contributed by atoms with Crippen LogP contribution in [0.25, 0.3) is 5.76 Å². The molecule has 0 aliphatic carbocycles. The summed E-state index contributed by atoms with van der Waals surface area (Å²) >= 11 is 0. The van der Waals surface area contributed by atoms with Crippen LogP contribution in [-0.2, 0) is 16.1 Å². The summed E-state index contributed by atoms with van der Waals surface area (Å²) in [5, 5.41) is 11.3. The van der Waals surface area contributed by atoms with E-state index in [1.807, 2.05) is 57.2 Å². The highest BCUT2D eigenvalue weighted by atomic mass is 16.5. The van der Waals surface area contributed by atoms with Crippen molar-refractivity contribution in [3.05, 3.63) is 100 Å². The average Bonchev–Trinajstić information content (AvgIpc) is 3.08. The van der Waals surface area contributed by atoms with Crippen LogP contribution in [0.3, 0.4) is 0 Å². The molecule has 1 aromatic heterocycles. The second-order valence-corrected chi connectivity index (χ2v) is 8.47. The van der Waals surface area contributed by atoms with E-state index in [1.54, 1.807) is 30.6 Å². The largest absolute Gasteiger partial charge is 0.507 e. The number of aliphatic hydroxyl groups excluding tert-OH is 1. The van der Waals surface area contributed by atoms with Crippen LogP contribution < -0.4 is 4.74 Å². The van der Waals surface area contributed by atoms with Gasteiger partial charge in [-0.1, -0.05) is 31.2 Å². The Hall–Kier alpha value is -3.93.